The molecule has 174 valence electrons. The summed E-state index contributed by atoms with van der Waals surface area (Å²) >= 11 is 0. The molecule has 0 bridgehead atoms. The standard InChI is InChI=1S/C24H31NO7/c1-16(26)25(2)21-23(31-14-17-7-5-4-6-8-17)22(27)20(32-24(21)28)15-30-13-18-9-11-19(29-3)12-10-18/h4-12,20-24,27-28H,13-15H2,1-3H3/t20-,21-,22-,23-,24-/m1/s1. The largest absolute Gasteiger partial charge is 0.497 e. The lowest BCUT2D eigenvalue weighted by atomic mass is 9.95. The quantitative estimate of drug-likeness (QED) is 0.607. The first kappa shape index (κ1) is 24.2. The molecule has 2 aromatic rings. The van der Waals surface area contributed by atoms with Gasteiger partial charge in [0.05, 0.1) is 26.9 Å². The summed E-state index contributed by atoms with van der Waals surface area (Å²) in [5, 5.41) is 21.6. The lowest BCUT2D eigenvalue weighted by Crippen LogP contribution is -2.65. The van der Waals surface area contributed by atoms with Gasteiger partial charge in [-0.2, -0.15) is 0 Å². The number of aliphatic hydroxyl groups is 2. The molecule has 2 N–H and O–H groups in total. The zero-order valence-electron chi connectivity index (χ0n) is 18.6. The fourth-order valence-corrected chi connectivity index (χ4v) is 3.65. The molecular formula is C24H31NO7. The fraction of sp³-hybridized carbons (Fsp3) is 0.458. The van der Waals surface area contributed by atoms with Crippen molar-refractivity contribution in [2.24, 2.45) is 0 Å². The monoisotopic (exact) mass is 445 g/mol. The van der Waals surface area contributed by atoms with E-state index in [0.717, 1.165) is 16.9 Å². The minimum atomic E-state index is -1.33. The number of benzene rings is 2. The molecule has 1 saturated heterocycles. The van der Waals surface area contributed by atoms with Crippen LogP contribution in [-0.2, 0) is 32.2 Å². The maximum Gasteiger partial charge on any atom is 0.219 e. The molecule has 5 atom stereocenters. The first-order chi connectivity index (χ1) is 15.4. The Labute approximate surface area is 188 Å². The third-order valence-electron chi connectivity index (χ3n) is 5.60. The van der Waals surface area contributed by atoms with E-state index < -0.39 is 30.6 Å². The van der Waals surface area contributed by atoms with Crippen LogP contribution >= 0.6 is 0 Å². The number of likely N-dealkylation sites (N-methyl/N-ethyl adjacent to an activating group) is 1. The normalized spacial score (nSPS) is 25.3. The molecule has 1 amide bonds. The molecule has 0 aromatic heterocycles. The highest BCUT2D eigenvalue weighted by atomic mass is 16.6. The van der Waals surface area contributed by atoms with Gasteiger partial charge in [0.15, 0.2) is 6.29 Å². The third-order valence-corrected chi connectivity index (χ3v) is 5.60. The Morgan fingerprint density at radius 3 is 2.31 bits per heavy atom. The van der Waals surface area contributed by atoms with Gasteiger partial charge in [-0.05, 0) is 23.3 Å². The van der Waals surface area contributed by atoms with Gasteiger partial charge in [-0.3, -0.25) is 4.79 Å². The Morgan fingerprint density at radius 1 is 1.03 bits per heavy atom. The van der Waals surface area contributed by atoms with Crippen molar-refractivity contribution in [3.63, 3.8) is 0 Å². The summed E-state index contributed by atoms with van der Waals surface area (Å²) in [6.07, 6.45) is -4.12. The summed E-state index contributed by atoms with van der Waals surface area (Å²) in [4.78, 5) is 13.3. The van der Waals surface area contributed by atoms with E-state index in [9.17, 15) is 15.0 Å². The van der Waals surface area contributed by atoms with Crippen LogP contribution in [0.15, 0.2) is 54.6 Å². The topological polar surface area (TPSA) is 97.7 Å². The first-order valence-corrected chi connectivity index (χ1v) is 10.5. The molecule has 0 aliphatic carbocycles. The van der Waals surface area contributed by atoms with Crippen molar-refractivity contribution in [3.05, 3.63) is 65.7 Å². The van der Waals surface area contributed by atoms with E-state index in [1.54, 1.807) is 14.2 Å². The van der Waals surface area contributed by atoms with Crippen LogP contribution in [0, 0.1) is 0 Å². The van der Waals surface area contributed by atoms with Gasteiger partial charge in [0.2, 0.25) is 5.91 Å². The van der Waals surface area contributed by atoms with E-state index in [1.807, 2.05) is 54.6 Å². The minimum absolute atomic E-state index is 0.0476. The average molecular weight is 446 g/mol. The molecule has 1 aliphatic heterocycles. The number of rotatable bonds is 9. The second-order valence-electron chi connectivity index (χ2n) is 7.80. The summed E-state index contributed by atoms with van der Waals surface area (Å²) in [5.74, 6) is 0.481. The molecule has 8 nitrogen and oxygen atoms in total. The summed E-state index contributed by atoms with van der Waals surface area (Å²) < 4.78 is 22.5. The van der Waals surface area contributed by atoms with Crippen LogP contribution in [0.5, 0.6) is 5.75 Å². The highest BCUT2D eigenvalue weighted by molar-refractivity contribution is 5.73. The number of hydrogen-bond donors (Lipinski definition) is 2. The Bertz CT molecular complexity index is 845. The smallest absolute Gasteiger partial charge is 0.219 e. The van der Waals surface area contributed by atoms with Crippen molar-refractivity contribution in [1.82, 2.24) is 4.90 Å². The molecule has 1 aliphatic rings. The SMILES string of the molecule is COc1ccc(COC[C@H]2O[C@@H](O)[C@H](N(C)C(C)=O)[C@@H](OCc3ccccc3)[C@@H]2O)cc1. The number of hydrogen-bond acceptors (Lipinski definition) is 7. The van der Waals surface area contributed by atoms with Gasteiger partial charge in [0, 0.05) is 14.0 Å². The molecule has 0 radical (unpaired) electrons. The Hall–Kier alpha value is -2.49. The van der Waals surface area contributed by atoms with E-state index in [1.165, 1.54) is 11.8 Å². The fourth-order valence-electron chi connectivity index (χ4n) is 3.65. The number of amides is 1. The highest BCUT2D eigenvalue weighted by Crippen LogP contribution is 2.27. The molecule has 3 rings (SSSR count). The average Bonchev–Trinajstić information content (AvgIpc) is 2.80. The van der Waals surface area contributed by atoms with E-state index in [2.05, 4.69) is 0 Å². The number of nitrogens with zero attached hydrogens (tertiary/aromatic N) is 1. The second-order valence-corrected chi connectivity index (χ2v) is 7.80. The van der Waals surface area contributed by atoms with E-state index in [0.29, 0.717) is 6.61 Å². The molecule has 32 heavy (non-hydrogen) atoms. The maximum atomic E-state index is 12.0. The highest BCUT2D eigenvalue weighted by Gasteiger charge is 2.48. The Balaban J connectivity index is 1.66. The lowest BCUT2D eigenvalue weighted by molar-refractivity contribution is -0.280. The number of methoxy groups -OCH3 is 1. The summed E-state index contributed by atoms with van der Waals surface area (Å²) in [6.45, 7) is 1.96. The van der Waals surface area contributed by atoms with Gasteiger partial charge in [-0.1, -0.05) is 42.5 Å². The van der Waals surface area contributed by atoms with Gasteiger partial charge < -0.3 is 34.1 Å². The molecular weight excluding hydrogens is 414 g/mol. The van der Waals surface area contributed by atoms with E-state index in [-0.39, 0.29) is 19.1 Å². The maximum absolute atomic E-state index is 12.0. The molecule has 1 heterocycles. The molecule has 1 fully saturated rings. The minimum Gasteiger partial charge on any atom is -0.497 e. The zero-order chi connectivity index (χ0) is 23.1. The number of carbonyl (C=O) groups excluding carboxylic acids is 1. The summed E-state index contributed by atoms with van der Waals surface area (Å²) in [6, 6.07) is 16.1. The molecule has 0 spiro atoms. The van der Waals surface area contributed by atoms with Crippen LogP contribution in [0.25, 0.3) is 0 Å². The molecule has 0 unspecified atom stereocenters. The van der Waals surface area contributed by atoms with E-state index >= 15 is 0 Å². The van der Waals surface area contributed by atoms with Crippen molar-refractivity contribution < 1.29 is 34.0 Å². The first-order valence-electron chi connectivity index (χ1n) is 10.5. The predicted octanol–water partition coefficient (Wildman–Crippen LogP) is 1.72. The van der Waals surface area contributed by atoms with Crippen molar-refractivity contribution in [1.29, 1.82) is 0 Å². The third kappa shape index (κ3) is 6.05. The van der Waals surface area contributed by atoms with Gasteiger partial charge >= 0.3 is 0 Å². The van der Waals surface area contributed by atoms with Crippen LogP contribution in [0.3, 0.4) is 0 Å². The molecule has 0 saturated carbocycles. The summed E-state index contributed by atoms with van der Waals surface area (Å²) in [7, 11) is 3.15. The van der Waals surface area contributed by atoms with E-state index in [4.69, 9.17) is 18.9 Å². The van der Waals surface area contributed by atoms with Gasteiger partial charge in [-0.25, -0.2) is 0 Å². The number of aliphatic hydroxyl groups excluding tert-OH is 2. The second kappa shape index (κ2) is 11.4. The van der Waals surface area contributed by atoms with Crippen molar-refractivity contribution in [2.45, 2.75) is 50.8 Å². The lowest BCUT2D eigenvalue weighted by Gasteiger charge is -2.45. The van der Waals surface area contributed by atoms with Crippen LogP contribution in [-0.4, -0.2) is 72.4 Å². The van der Waals surface area contributed by atoms with Crippen LogP contribution in [0.4, 0.5) is 0 Å². The predicted molar refractivity (Wildman–Crippen MR) is 117 cm³/mol. The number of carbonyl (C=O) groups is 1. The van der Waals surface area contributed by atoms with Crippen molar-refractivity contribution >= 4 is 5.91 Å². The number of ether oxygens (including phenoxy) is 4. The Morgan fingerprint density at radius 2 is 1.69 bits per heavy atom. The van der Waals surface area contributed by atoms with Gasteiger partial charge in [-0.15, -0.1) is 0 Å². The Kier molecular flexibility index (Phi) is 8.60. The van der Waals surface area contributed by atoms with Gasteiger partial charge in [0.25, 0.3) is 0 Å². The van der Waals surface area contributed by atoms with Crippen LogP contribution in [0.1, 0.15) is 18.1 Å². The zero-order valence-corrected chi connectivity index (χ0v) is 18.6. The summed E-state index contributed by atoms with van der Waals surface area (Å²) in [5.41, 5.74) is 1.85. The van der Waals surface area contributed by atoms with Crippen molar-refractivity contribution in [2.75, 3.05) is 20.8 Å². The van der Waals surface area contributed by atoms with Crippen LogP contribution < -0.4 is 4.74 Å². The van der Waals surface area contributed by atoms with Crippen LogP contribution in [0.2, 0.25) is 0 Å². The van der Waals surface area contributed by atoms with Gasteiger partial charge in [0.1, 0.15) is 30.1 Å². The molecule has 8 heteroatoms. The van der Waals surface area contributed by atoms with Crippen molar-refractivity contribution in [3.8, 4) is 5.75 Å². The molecule has 2 aromatic carbocycles.